The van der Waals surface area contributed by atoms with Gasteiger partial charge < -0.3 is 19.9 Å². The molecule has 8 rings (SSSR count). The Kier molecular flexibility index (Phi) is 11.2. The van der Waals surface area contributed by atoms with Gasteiger partial charge in [-0.1, -0.05) is 98.6 Å². The molecule has 4 aromatic carbocycles. The van der Waals surface area contributed by atoms with E-state index in [-0.39, 0.29) is 60.6 Å². The number of hydrogen-bond donors (Lipinski definition) is 2. The van der Waals surface area contributed by atoms with E-state index in [0.717, 1.165) is 52.6 Å². The van der Waals surface area contributed by atoms with Crippen LogP contribution in [0.25, 0.3) is 11.1 Å². The predicted molar refractivity (Wildman–Crippen MR) is 219 cm³/mol. The molecule has 1 saturated carbocycles. The molecule has 4 aromatic rings. The summed E-state index contributed by atoms with van der Waals surface area (Å²) in [4.78, 5) is 43.8. The van der Waals surface area contributed by atoms with Crippen LogP contribution in [0.3, 0.4) is 0 Å². The standard InChI is InChI=1S/C48H55N3O6/c1-30-42(28-50-40-15-8-5-11-34(40)24-25-41(50)44(53)49-48(2,3)4)56-47(57-43(30)35-18-16-31(29-52)17-19-35)36-22-20-33(21-23-36)37-12-9-10-32(26-37)27-51-45(54)38-13-6-7-14-39(38)46(51)55/h6-7,9-10,12-14,16-23,26,30,34,40-43,47,52H,5,8,11,15,24-25,27-29H2,1-4H3,(H,49,53)/t30-,34+,40+,41+,42+,43+,47+/m0/s1. The summed E-state index contributed by atoms with van der Waals surface area (Å²) in [6.07, 6.45) is 5.53. The van der Waals surface area contributed by atoms with E-state index in [2.05, 4.69) is 29.3 Å². The number of piperidine rings is 1. The lowest BCUT2D eigenvalue weighted by Crippen LogP contribution is -2.61. The third kappa shape index (κ3) is 8.21. The van der Waals surface area contributed by atoms with Crippen LogP contribution in [0.15, 0.2) is 97.1 Å². The minimum absolute atomic E-state index is 0.0132. The van der Waals surface area contributed by atoms with Crippen molar-refractivity contribution in [2.24, 2.45) is 11.8 Å². The number of ether oxygens (including phenoxy) is 2. The zero-order valence-electron chi connectivity index (χ0n) is 33.5. The minimum atomic E-state index is -0.642. The van der Waals surface area contributed by atoms with Gasteiger partial charge in [0.15, 0.2) is 6.29 Å². The quantitative estimate of drug-likeness (QED) is 0.165. The number of aliphatic hydroxyl groups excluding tert-OH is 1. The van der Waals surface area contributed by atoms with E-state index in [9.17, 15) is 19.5 Å². The number of nitrogens with one attached hydrogen (secondary N) is 1. The summed E-state index contributed by atoms with van der Waals surface area (Å²) in [5, 5.41) is 13.1. The van der Waals surface area contributed by atoms with Gasteiger partial charge in [0, 0.05) is 29.6 Å². The van der Waals surface area contributed by atoms with Crippen molar-refractivity contribution in [1.29, 1.82) is 0 Å². The van der Waals surface area contributed by atoms with Crippen LogP contribution < -0.4 is 5.32 Å². The summed E-state index contributed by atoms with van der Waals surface area (Å²) in [6, 6.07) is 31.3. The molecule has 3 fully saturated rings. The number of rotatable bonds is 9. The average Bonchev–Trinajstić information content (AvgIpc) is 3.45. The number of benzene rings is 4. The maximum absolute atomic E-state index is 13.9. The van der Waals surface area contributed by atoms with Crippen molar-refractivity contribution in [1.82, 2.24) is 15.1 Å². The summed E-state index contributed by atoms with van der Waals surface area (Å²) in [5.41, 5.74) is 6.17. The van der Waals surface area contributed by atoms with Gasteiger partial charge in [-0.3, -0.25) is 24.2 Å². The Labute approximate surface area is 336 Å². The number of fused-ring (bicyclic) bond motifs is 2. The molecule has 0 spiro atoms. The van der Waals surface area contributed by atoms with E-state index in [1.54, 1.807) is 24.3 Å². The Balaban J connectivity index is 1.05. The van der Waals surface area contributed by atoms with Crippen molar-refractivity contribution < 1.29 is 29.0 Å². The van der Waals surface area contributed by atoms with E-state index >= 15 is 0 Å². The van der Waals surface area contributed by atoms with Crippen molar-refractivity contribution in [2.45, 2.75) is 115 Å². The maximum atomic E-state index is 13.9. The van der Waals surface area contributed by atoms with Gasteiger partial charge in [0.1, 0.15) is 0 Å². The first-order valence-electron chi connectivity index (χ1n) is 20.7. The fourth-order valence-corrected chi connectivity index (χ4v) is 9.51. The zero-order valence-corrected chi connectivity index (χ0v) is 33.5. The van der Waals surface area contributed by atoms with Crippen LogP contribution in [0, 0.1) is 11.8 Å². The molecule has 3 amide bonds. The number of hydrogen-bond acceptors (Lipinski definition) is 7. The topological polar surface area (TPSA) is 108 Å². The fraction of sp³-hybridized carbons (Fsp3) is 0.438. The Bertz CT molecular complexity index is 2060. The van der Waals surface area contributed by atoms with Crippen molar-refractivity contribution in [2.75, 3.05) is 6.54 Å². The lowest BCUT2D eigenvalue weighted by Gasteiger charge is -2.51. The van der Waals surface area contributed by atoms with Crippen LogP contribution in [-0.4, -0.2) is 62.9 Å². The monoisotopic (exact) mass is 769 g/mol. The summed E-state index contributed by atoms with van der Waals surface area (Å²) in [7, 11) is 0. The Morgan fingerprint density at radius 1 is 0.772 bits per heavy atom. The van der Waals surface area contributed by atoms with Crippen LogP contribution >= 0.6 is 0 Å². The third-order valence-electron chi connectivity index (χ3n) is 12.5. The first-order chi connectivity index (χ1) is 27.5. The molecule has 1 aliphatic carbocycles. The molecular weight excluding hydrogens is 715 g/mol. The number of carbonyl (C=O) groups excluding carboxylic acids is 3. The van der Waals surface area contributed by atoms with Crippen LogP contribution in [0.1, 0.15) is 122 Å². The van der Waals surface area contributed by atoms with Gasteiger partial charge in [-0.25, -0.2) is 0 Å². The first-order valence-corrected chi connectivity index (χ1v) is 20.7. The van der Waals surface area contributed by atoms with Crippen molar-refractivity contribution in [3.05, 3.63) is 130 Å². The molecule has 9 nitrogen and oxygen atoms in total. The molecule has 2 saturated heterocycles. The number of aliphatic hydroxyl groups is 1. The molecule has 3 heterocycles. The van der Waals surface area contributed by atoms with Gasteiger partial charge in [-0.2, -0.15) is 0 Å². The summed E-state index contributed by atoms with van der Waals surface area (Å²) in [5.74, 6) is 0.137. The molecule has 57 heavy (non-hydrogen) atoms. The average molecular weight is 770 g/mol. The smallest absolute Gasteiger partial charge is 0.261 e. The van der Waals surface area contributed by atoms with Gasteiger partial charge in [0.05, 0.1) is 42.5 Å². The second kappa shape index (κ2) is 16.3. The Morgan fingerprint density at radius 3 is 2.14 bits per heavy atom. The molecule has 4 aliphatic rings. The molecule has 2 N–H and O–H groups in total. The number of likely N-dealkylation sites (tertiary alicyclic amines) is 1. The van der Waals surface area contributed by atoms with E-state index < -0.39 is 6.29 Å². The zero-order chi connectivity index (χ0) is 39.8. The second-order valence-corrected chi connectivity index (χ2v) is 17.5. The van der Waals surface area contributed by atoms with E-state index in [4.69, 9.17) is 9.47 Å². The van der Waals surface area contributed by atoms with Gasteiger partial charge in [-0.15, -0.1) is 0 Å². The summed E-state index contributed by atoms with van der Waals surface area (Å²) >= 11 is 0. The van der Waals surface area contributed by atoms with Gasteiger partial charge in [0.25, 0.3) is 11.8 Å². The van der Waals surface area contributed by atoms with E-state index in [1.807, 2.05) is 81.4 Å². The van der Waals surface area contributed by atoms with Gasteiger partial charge in [0.2, 0.25) is 5.91 Å². The molecule has 298 valence electrons. The van der Waals surface area contributed by atoms with E-state index in [0.29, 0.717) is 29.6 Å². The highest BCUT2D eigenvalue weighted by Crippen LogP contribution is 2.45. The Hall–Kier alpha value is -4.67. The second-order valence-electron chi connectivity index (χ2n) is 17.5. The van der Waals surface area contributed by atoms with Gasteiger partial charge >= 0.3 is 0 Å². The summed E-state index contributed by atoms with van der Waals surface area (Å²) < 4.78 is 13.8. The third-order valence-corrected chi connectivity index (χ3v) is 12.5. The highest BCUT2D eigenvalue weighted by atomic mass is 16.7. The highest BCUT2D eigenvalue weighted by Gasteiger charge is 2.46. The molecule has 0 bridgehead atoms. The molecule has 0 unspecified atom stereocenters. The molecule has 9 heteroatoms. The van der Waals surface area contributed by atoms with Crippen LogP contribution in [0.4, 0.5) is 0 Å². The minimum Gasteiger partial charge on any atom is -0.392 e. The molecule has 0 aromatic heterocycles. The Morgan fingerprint density at radius 2 is 1.46 bits per heavy atom. The normalized spacial score (nSPS) is 26.5. The van der Waals surface area contributed by atoms with Crippen molar-refractivity contribution in [3.63, 3.8) is 0 Å². The van der Waals surface area contributed by atoms with Crippen LogP contribution in [0.2, 0.25) is 0 Å². The maximum Gasteiger partial charge on any atom is 0.261 e. The van der Waals surface area contributed by atoms with Crippen LogP contribution in [0.5, 0.6) is 0 Å². The molecular formula is C48H55N3O6. The lowest BCUT2D eigenvalue weighted by molar-refractivity contribution is -0.278. The highest BCUT2D eigenvalue weighted by molar-refractivity contribution is 6.21. The van der Waals surface area contributed by atoms with E-state index in [1.165, 1.54) is 24.2 Å². The first kappa shape index (κ1) is 39.2. The number of imide groups is 1. The number of nitrogens with zero attached hydrogens (tertiary/aromatic N) is 2. The SMILES string of the molecule is C[C@H]1[C@@H](CN2[C@@H](C(=O)NC(C)(C)C)CC[C@H]3CCCC[C@H]32)O[C@@H](c2ccc(-c3cccc(CN4C(=O)c5ccccc5C4=O)c3)cc2)O[C@H]1c1ccc(CO)cc1. The lowest BCUT2D eigenvalue weighted by atomic mass is 9.75. The van der Waals surface area contributed by atoms with Crippen LogP contribution in [-0.2, 0) is 27.4 Å². The van der Waals surface area contributed by atoms with Crippen molar-refractivity contribution in [3.8, 4) is 11.1 Å². The molecule has 0 radical (unpaired) electrons. The summed E-state index contributed by atoms with van der Waals surface area (Å²) in [6.45, 7) is 9.13. The fourth-order valence-electron chi connectivity index (χ4n) is 9.51. The van der Waals surface area contributed by atoms with Crippen molar-refractivity contribution >= 4 is 17.7 Å². The molecule has 3 aliphatic heterocycles. The number of amides is 3. The predicted octanol–water partition coefficient (Wildman–Crippen LogP) is 8.37. The number of carbonyl (C=O) groups is 3. The molecule has 7 atom stereocenters. The largest absolute Gasteiger partial charge is 0.392 e. The van der Waals surface area contributed by atoms with Gasteiger partial charge in [-0.05, 0) is 98.4 Å².